The van der Waals surface area contributed by atoms with Crippen LogP contribution in [0.2, 0.25) is 0 Å². The number of anilines is 1. The number of hydrogen-bond acceptors (Lipinski definition) is 6. The SMILES string of the molecule is Cn1c(-c2cc3ccc(S(C)(=O)=O)c4c3n2C(C2CC2)CN4)nc2cc(C(=O)N3C[C@H]4CC[C@@H]3[C@@H]4N)cc(F)c21. The Hall–Kier alpha value is -3.44. The Morgan fingerprint density at radius 3 is 2.52 bits per heavy atom. The number of aryl methyl sites for hydroxylation is 1. The normalized spacial score (nSPS) is 25.8. The molecule has 2 saturated carbocycles. The number of piperidine rings is 1. The third-order valence-corrected chi connectivity index (χ3v) is 10.8. The summed E-state index contributed by atoms with van der Waals surface area (Å²) in [5, 5.41) is 4.31. The summed E-state index contributed by atoms with van der Waals surface area (Å²) in [6.07, 6.45) is 5.36. The molecule has 4 aliphatic rings. The number of carbonyl (C=O) groups is 1. The molecular weight excluding hydrogens is 531 g/mol. The van der Waals surface area contributed by atoms with Crippen molar-refractivity contribution in [3.63, 3.8) is 0 Å². The largest absolute Gasteiger partial charge is 0.380 e. The van der Waals surface area contributed by atoms with Gasteiger partial charge in [-0.15, -0.1) is 0 Å². The van der Waals surface area contributed by atoms with Gasteiger partial charge in [-0.25, -0.2) is 17.8 Å². The van der Waals surface area contributed by atoms with Gasteiger partial charge < -0.3 is 25.1 Å². The van der Waals surface area contributed by atoms with Gasteiger partial charge in [-0.3, -0.25) is 4.79 Å². The maximum absolute atomic E-state index is 15.7. The van der Waals surface area contributed by atoms with Crippen LogP contribution in [0, 0.1) is 17.7 Å². The highest BCUT2D eigenvalue weighted by atomic mass is 32.2. The second kappa shape index (κ2) is 8.07. The number of amides is 1. The number of nitrogens with one attached hydrogen (secondary N) is 1. The number of imidazole rings is 1. The number of benzene rings is 2. The quantitative estimate of drug-likeness (QED) is 0.392. The lowest BCUT2D eigenvalue weighted by molar-refractivity contribution is 0.0700. The zero-order valence-electron chi connectivity index (χ0n) is 22.4. The molecule has 3 N–H and O–H groups in total. The predicted molar refractivity (Wildman–Crippen MR) is 150 cm³/mol. The molecule has 3 fully saturated rings. The summed E-state index contributed by atoms with van der Waals surface area (Å²) in [7, 11) is -1.66. The van der Waals surface area contributed by atoms with E-state index in [1.165, 1.54) is 12.3 Å². The number of fused-ring (bicyclic) bond motifs is 3. The van der Waals surface area contributed by atoms with Gasteiger partial charge in [0.15, 0.2) is 15.7 Å². The molecule has 2 aromatic heterocycles. The second-order valence-corrected chi connectivity index (χ2v) is 14.1. The first kappa shape index (κ1) is 24.4. The first-order valence-electron chi connectivity index (χ1n) is 14.0. The molecule has 1 amide bonds. The van der Waals surface area contributed by atoms with Crippen LogP contribution < -0.4 is 11.1 Å². The van der Waals surface area contributed by atoms with Gasteiger partial charge in [0.2, 0.25) is 0 Å². The van der Waals surface area contributed by atoms with Gasteiger partial charge in [0.05, 0.1) is 33.4 Å². The molecule has 1 saturated heterocycles. The maximum atomic E-state index is 15.7. The van der Waals surface area contributed by atoms with Crippen LogP contribution in [0.15, 0.2) is 35.2 Å². The highest BCUT2D eigenvalue weighted by Gasteiger charge is 2.47. The molecule has 2 aliphatic carbocycles. The van der Waals surface area contributed by atoms with Crippen molar-refractivity contribution in [1.29, 1.82) is 0 Å². The van der Waals surface area contributed by atoms with Crippen LogP contribution in [0.1, 0.15) is 42.1 Å². The number of likely N-dealkylation sites (tertiary alicyclic amines) is 1. The Balaban J connectivity index is 1.29. The van der Waals surface area contributed by atoms with E-state index in [1.807, 2.05) is 12.1 Å². The standard InChI is InChI=1S/C29H31FN6O3S/c1-34-27-18(30)9-17(29(37)35-13-16-5-7-20(35)24(16)31)10-19(27)33-28(34)21-11-15-6-8-23(40(2,38)39)25-26(15)36(21)22(12-32-25)14-3-4-14/h6,8-11,14,16,20,22,24,32H,3-5,7,12-13,31H2,1-2H3/t16-,20-,22?,24-/m1/s1. The van der Waals surface area contributed by atoms with Crippen molar-refractivity contribution in [1.82, 2.24) is 19.0 Å². The van der Waals surface area contributed by atoms with Crippen molar-refractivity contribution in [3.8, 4) is 11.5 Å². The summed E-state index contributed by atoms with van der Waals surface area (Å²) >= 11 is 0. The highest BCUT2D eigenvalue weighted by Crippen LogP contribution is 2.48. The molecule has 0 spiro atoms. The van der Waals surface area contributed by atoms with Crippen LogP contribution in [0.25, 0.3) is 33.5 Å². The van der Waals surface area contributed by atoms with Gasteiger partial charge in [0.25, 0.3) is 5.91 Å². The number of carbonyl (C=O) groups excluding carboxylic acids is 1. The van der Waals surface area contributed by atoms with Crippen LogP contribution in [0.5, 0.6) is 0 Å². The van der Waals surface area contributed by atoms with Crippen molar-refractivity contribution in [2.75, 3.05) is 24.7 Å². The van der Waals surface area contributed by atoms with E-state index < -0.39 is 15.7 Å². The molecule has 40 heavy (non-hydrogen) atoms. The second-order valence-electron chi connectivity index (χ2n) is 12.1. The number of sulfone groups is 1. The molecule has 2 bridgehead atoms. The van der Waals surface area contributed by atoms with Gasteiger partial charge in [0, 0.05) is 49.4 Å². The fraction of sp³-hybridized carbons (Fsp3) is 0.448. The molecule has 1 unspecified atom stereocenters. The third kappa shape index (κ3) is 3.30. The van der Waals surface area contributed by atoms with Crippen molar-refractivity contribution < 1.29 is 17.6 Å². The monoisotopic (exact) mass is 562 g/mol. The Labute approximate surface area is 231 Å². The summed E-state index contributed by atoms with van der Waals surface area (Å²) in [5.41, 5.74) is 9.62. The van der Waals surface area contributed by atoms with E-state index in [0.29, 0.717) is 47.5 Å². The fourth-order valence-electron chi connectivity index (χ4n) is 7.55. The number of aromatic nitrogens is 3. The molecule has 9 nitrogen and oxygen atoms in total. The van der Waals surface area contributed by atoms with Crippen molar-refractivity contribution in [3.05, 3.63) is 41.7 Å². The Morgan fingerprint density at radius 1 is 1.07 bits per heavy atom. The number of nitrogens with two attached hydrogens (primary N) is 1. The van der Waals surface area contributed by atoms with Crippen LogP contribution >= 0.6 is 0 Å². The molecule has 2 aromatic carbocycles. The topological polar surface area (TPSA) is 115 Å². The zero-order valence-corrected chi connectivity index (χ0v) is 23.2. The molecule has 4 aromatic rings. The third-order valence-electron chi connectivity index (χ3n) is 9.66. The number of hydrogen-bond donors (Lipinski definition) is 2. The molecular formula is C29H31FN6O3S. The molecule has 8 rings (SSSR count). The number of rotatable bonds is 4. The molecule has 208 valence electrons. The summed E-state index contributed by atoms with van der Waals surface area (Å²) in [6, 6.07) is 8.63. The van der Waals surface area contributed by atoms with Crippen LogP contribution in [0.3, 0.4) is 0 Å². The zero-order chi connectivity index (χ0) is 27.7. The number of halogens is 1. The minimum absolute atomic E-state index is 0.00999. The molecule has 4 heterocycles. The van der Waals surface area contributed by atoms with E-state index in [1.54, 1.807) is 28.6 Å². The molecule has 4 atom stereocenters. The average molecular weight is 563 g/mol. The smallest absolute Gasteiger partial charge is 0.254 e. The van der Waals surface area contributed by atoms with Crippen LogP contribution in [0.4, 0.5) is 10.1 Å². The Kier molecular flexibility index (Phi) is 4.91. The lowest BCUT2D eigenvalue weighted by Gasteiger charge is -2.30. The first-order valence-corrected chi connectivity index (χ1v) is 15.9. The minimum Gasteiger partial charge on any atom is -0.380 e. The van der Waals surface area contributed by atoms with Crippen LogP contribution in [-0.2, 0) is 16.9 Å². The van der Waals surface area contributed by atoms with Crippen molar-refractivity contribution in [2.24, 2.45) is 24.6 Å². The average Bonchev–Trinajstić information content (AvgIpc) is 3.37. The van der Waals surface area contributed by atoms with Crippen molar-refractivity contribution in [2.45, 2.75) is 48.7 Å². The first-order chi connectivity index (χ1) is 19.1. The molecule has 2 aliphatic heterocycles. The van der Waals surface area contributed by atoms with E-state index in [0.717, 1.165) is 42.3 Å². The molecule has 11 heteroatoms. The summed E-state index contributed by atoms with van der Waals surface area (Å²) in [4.78, 5) is 20.4. The van der Waals surface area contributed by atoms with E-state index in [2.05, 4.69) is 9.88 Å². The van der Waals surface area contributed by atoms with E-state index in [-0.39, 0.29) is 34.5 Å². The summed E-state index contributed by atoms with van der Waals surface area (Å²) in [6.45, 7) is 1.23. The van der Waals surface area contributed by atoms with Gasteiger partial charge in [0.1, 0.15) is 11.3 Å². The summed E-state index contributed by atoms with van der Waals surface area (Å²) < 4.78 is 44.8. The van der Waals surface area contributed by atoms with Gasteiger partial charge in [-0.1, -0.05) is 6.07 Å². The van der Waals surface area contributed by atoms with Gasteiger partial charge in [-0.05, 0) is 61.8 Å². The lowest BCUT2D eigenvalue weighted by Crippen LogP contribution is -2.41. The van der Waals surface area contributed by atoms with Crippen molar-refractivity contribution >= 4 is 43.4 Å². The lowest BCUT2D eigenvalue weighted by atomic mass is 10.1. The fourth-order valence-corrected chi connectivity index (χ4v) is 8.41. The minimum atomic E-state index is -3.45. The highest BCUT2D eigenvalue weighted by molar-refractivity contribution is 7.90. The van der Waals surface area contributed by atoms with E-state index >= 15 is 4.39 Å². The molecule has 0 radical (unpaired) electrons. The number of nitrogens with zero attached hydrogens (tertiary/aromatic N) is 4. The van der Waals surface area contributed by atoms with Gasteiger partial charge >= 0.3 is 0 Å². The van der Waals surface area contributed by atoms with Crippen LogP contribution in [-0.4, -0.2) is 64.8 Å². The Morgan fingerprint density at radius 2 is 1.85 bits per heavy atom. The van der Waals surface area contributed by atoms with Gasteiger partial charge in [-0.2, -0.15) is 0 Å². The maximum Gasteiger partial charge on any atom is 0.254 e. The summed E-state index contributed by atoms with van der Waals surface area (Å²) in [5.74, 6) is 0.681. The van der Waals surface area contributed by atoms with E-state index in [4.69, 9.17) is 10.7 Å². The predicted octanol–water partition coefficient (Wildman–Crippen LogP) is 3.68. The van der Waals surface area contributed by atoms with E-state index in [9.17, 15) is 13.2 Å². The Bertz CT molecular complexity index is 1870.